The SMILES string of the molecule is NC(=O)C(Cc1ccc2c(c1)C(=O)N(C1CCC(=O)NC1=O)C2=O)N1CCCC(n2cc(-c3cnc4ccccc4n3)cn2)C1. The van der Waals surface area contributed by atoms with E-state index in [1.165, 1.54) is 0 Å². The van der Waals surface area contributed by atoms with E-state index >= 15 is 0 Å². The molecule has 0 bridgehead atoms. The average molecular weight is 607 g/mol. The molecule has 13 heteroatoms. The van der Waals surface area contributed by atoms with Gasteiger partial charge in [0, 0.05) is 24.7 Å². The average Bonchev–Trinajstić information content (AvgIpc) is 3.63. The van der Waals surface area contributed by atoms with Crippen LogP contribution >= 0.6 is 0 Å². The minimum absolute atomic E-state index is 0.00376. The molecule has 3 aliphatic rings. The van der Waals surface area contributed by atoms with Crippen molar-refractivity contribution >= 4 is 40.6 Å². The molecular formula is C32H30N8O5. The summed E-state index contributed by atoms with van der Waals surface area (Å²) >= 11 is 0. The molecule has 5 amide bonds. The third kappa shape index (κ3) is 5.24. The van der Waals surface area contributed by atoms with E-state index in [0.29, 0.717) is 18.7 Å². The Morgan fingerprint density at radius 2 is 1.80 bits per heavy atom. The van der Waals surface area contributed by atoms with Crippen LogP contribution < -0.4 is 11.1 Å². The predicted molar refractivity (Wildman–Crippen MR) is 160 cm³/mol. The van der Waals surface area contributed by atoms with Crippen LogP contribution in [0.4, 0.5) is 0 Å². The molecule has 13 nitrogen and oxygen atoms in total. The summed E-state index contributed by atoms with van der Waals surface area (Å²) in [6.07, 6.45) is 7.52. The fraction of sp³-hybridized carbons (Fsp3) is 0.312. The summed E-state index contributed by atoms with van der Waals surface area (Å²) in [6.45, 7) is 1.21. The number of rotatable bonds is 7. The highest BCUT2D eigenvalue weighted by molar-refractivity contribution is 6.23. The molecule has 3 N–H and O–H groups in total. The topological polar surface area (TPSA) is 173 Å². The second-order valence-corrected chi connectivity index (χ2v) is 11.7. The molecule has 0 spiro atoms. The monoisotopic (exact) mass is 606 g/mol. The summed E-state index contributed by atoms with van der Waals surface area (Å²) in [7, 11) is 0. The first kappa shape index (κ1) is 28.5. The van der Waals surface area contributed by atoms with Crippen molar-refractivity contribution in [3.63, 3.8) is 0 Å². The molecule has 2 saturated heterocycles. The van der Waals surface area contributed by atoms with Gasteiger partial charge in [-0.15, -0.1) is 0 Å². The van der Waals surface area contributed by atoms with Crippen LogP contribution in [0.15, 0.2) is 61.1 Å². The lowest BCUT2D eigenvalue weighted by Gasteiger charge is -2.37. The molecule has 3 unspecified atom stereocenters. The van der Waals surface area contributed by atoms with E-state index in [1.54, 1.807) is 30.6 Å². The van der Waals surface area contributed by atoms with Crippen LogP contribution in [-0.2, 0) is 20.8 Å². The number of hydrogen-bond donors (Lipinski definition) is 2. The van der Waals surface area contributed by atoms with Gasteiger partial charge in [-0.2, -0.15) is 5.10 Å². The van der Waals surface area contributed by atoms with Crippen molar-refractivity contribution < 1.29 is 24.0 Å². The van der Waals surface area contributed by atoms with Crippen LogP contribution in [0.2, 0.25) is 0 Å². The lowest BCUT2D eigenvalue weighted by atomic mass is 9.97. The number of carbonyl (C=O) groups is 5. The number of nitrogens with two attached hydrogens (primary N) is 1. The zero-order valence-corrected chi connectivity index (χ0v) is 24.3. The summed E-state index contributed by atoms with van der Waals surface area (Å²) in [4.78, 5) is 75.3. The van der Waals surface area contributed by atoms with Crippen LogP contribution in [0.3, 0.4) is 0 Å². The lowest BCUT2D eigenvalue weighted by molar-refractivity contribution is -0.136. The highest BCUT2D eigenvalue weighted by Crippen LogP contribution is 2.30. The quantitative estimate of drug-likeness (QED) is 0.296. The summed E-state index contributed by atoms with van der Waals surface area (Å²) in [5.74, 6) is -2.75. The van der Waals surface area contributed by atoms with E-state index in [1.807, 2.05) is 40.0 Å². The number of likely N-dealkylation sites (tertiary alicyclic amines) is 1. The lowest BCUT2D eigenvalue weighted by Crippen LogP contribution is -2.54. The number of piperidine rings is 2. The van der Waals surface area contributed by atoms with E-state index in [2.05, 4.69) is 15.4 Å². The number of imide groups is 2. The van der Waals surface area contributed by atoms with Gasteiger partial charge in [-0.3, -0.25) is 48.8 Å². The van der Waals surface area contributed by atoms with Gasteiger partial charge in [-0.05, 0) is 62.1 Å². The molecule has 4 aromatic rings. The Bertz CT molecular complexity index is 1890. The van der Waals surface area contributed by atoms with Gasteiger partial charge in [0.25, 0.3) is 11.8 Å². The molecule has 2 aromatic heterocycles. The molecule has 2 aromatic carbocycles. The summed E-state index contributed by atoms with van der Waals surface area (Å²) in [6, 6.07) is 10.9. The Morgan fingerprint density at radius 3 is 2.60 bits per heavy atom. The molecule has 45 heavy (non-hydrogen) atoms. The maximum absolute atomic E-state index is 13.3. The molecule has 7 rings (SSSR count). The molecule has 5 heterocycles. The smallest absolute Gasteiger partial charge is 0.262 e. The number of benzene rings is 2. The van der Waals surface area contributed by atoms with E-state index in [0.717, 1.165) is 40.0 Å². The normalized spacial score (nSPS) is 21.2. The van der Waals surface area contributed by atoms with Gasteiger partial charge in [0.1, 0.15) is 6.04 Å². The van der Waals surface area contributed by atoms with Gasteiger partial charge in [0.15, 0.2) is 0 Å². The van der Waals surface area contributed by atoms with Gasteiger partial charge in [-0.1, -0.05) is 18.2 Å². The first-order chi connectivity index (χ1) is 21.8. The van der Waals surface area contributed by atoms with Gasteiger partial charge in [0.2, 0.25) is 17.7 Å². The van der Waals surface area contributed by atoms with Gasteiger partial charge in [-0.25, -0.2) is 4.98 Å². The van der Waals surface area contributed by atoms with Gasteiger partial charge < -0.3 is 5.73 Å². The predicted octanol–water partition coefficient (Wildman–Crippen LogP) is 1.63. The zero-order valence-electron chi connectivity index (χ0n) is 24.3. The maximum atomic E-state index is 13.3. The minimum atomic E-state index is -1.04. The number of nitrogens with zero attached hydrogens (tertiary/aromatic N) is 6. The van der Waals surface area contributed by atoms with E-state index in [9.17, 15) is 24.0 Å². The Balaban J connectivity index is 1.07. The number of carbonyl (C=O) groups excluding carboxylic acids is 5. The molecule has 228 valence electrons. The number of primary amides is 1. The fourth-order valence-electron chi connectivity index (χ4n) is 6.53. The van der Waals surface area contributed by atoms with Crippen LogP contribution in [-0.4, -0.2) is 84.3 Å². The third-order valence-electron chi connectivity index (χ3n) is 8.85. The second-order valence-electron chi connectivity index (χ2n) is 11.7. The molecule has 2 fully saturated rings. The zero-order chi connectivity index (χ0) is 31.2. The Labute approximate surface area is 257 Å². The van der Waals surface area contributed by atoms with Crippen molar-refractivity contribution in [1.29, 1.82) is 0 Å². The summed E-state index contributed by atoms with van der Waals surface area (Å²) in [5.41, 5.74) is 10.1. The van der Waals surface area contributed by atoms with Crippen molar-refractivity contribution in [2.45, 2.75) is 50.2 Å². The molecule has 0 aliphatic carbocycles. The van der Waals surface area contributed by atoms with Crippen molar-refractivity contribution in [1.82, 2.24) is 34.9 Å². The second kappa shape index (κ2) is 11.3. The fourth-order valence-corrected chi connectivity index (χ4v) is 6.53. The largest absolute Gasteiger partial charge is 0.368 e. The molecule has 0 saturated carbocycles. The molecule has 3 aliphatic heterocycles. The van der Waals surface area contributed by atoms with Crippen molar-refractivity contribution in [2.24, 2.45) is 5.73 Å². The third-order valence-corrected chi connectivity index (χ3v) is 8.85. The highest BCUT2D eigenvalue weighted by atomic mass is 16.2. The maximum Gasteiger partial charge on any atom is 0.262 e. The number of amides is 5. The molecule has 0 radical (unpaired) electrons. The first-order valence-electron chi connectivity index (χ1n) is 14.9. The van der Waals surface area contributed by atoms with Gasteiger partial charge >= 0.3 is 0 Å². The highest BCUT2D eigenvalue weighted by Gasteiger charge is 2.44. The Morgan fingerprint density at radius 1 is 1.00 bits per heavy atom. The van der Waals surface area contributed by atoms with Crippen molar-refractivity contribution in [2.75, 3.05) is 13.1 Å². The summed E-state index contributed by atoms with van der Waals surface area (Å²) < 4.78 is 1.90. The molecule has 3 atom stereocenters. The Kier molecular flexibility index (Phi) is 7.16. The Hall–Kier alpha value is -5.30. The number of para-hydroxylation sites is 2. The van der Waals surface area contributed by atoms with E-state index in [-0.39, 0.29) is 36.4 Å². The van der Waals surface area contributed by atoms with E-state index < -0.39 is 41.6 Å². The summed E-state index contributed by atoms with van der Waals surface area (Å²) in [5, 5.41) is 6.81. The standard InChI is InChI=1S/C32H30N8O5/c33-29(42)27(13-18-7-8-21-22(12-18)32(45)40(31(21)44)26-9-10-28(41)37-30(26)43)38-11-3-4-20(17-38)39-16-19(14-35-39)25-15-34-23-5-1-2-6-24(23)36-25/h1-2,5-8,12,14-16,20,26-27H,3-4,9-11,13,17H2,(H2,33,42)(H,37,41,43). The van der Waals surface area contributed by atoms with Crippen molar-refractivity contribution in [3.8, 4) is 11.3 Å². The number of fused-ring (bicyclic) bond motifs is 2. The van der Waals surface area contributed by atoms with Crippen LogP contribution in [0.5, 0.6) is 0 Å². The van der Waals surface area contributed by atoms with Crippen LogP contribution in [0.1, 0.15) is 58.0 Å². The number of nitrogens with one attached hydrogen (secondary N) is 1. The van der Waals surface area contributed by atoms with E-state index in [4.69, 9.17) is 10.7 Å². The molecular weight excluding hydrogens is 576 g/mol. The number of hydrogen-bond acceptors (Lipinski definition) is 9. The van der Waals surface area contributed by atoms with Gasteiger partial charge in [0.05, 0.1) is 52.3 Å². The first-order valence-corrected chi connectivity index (χ1v) is 14.9. The number of aromatic nitrogens is 4. The minimum Gasteiger partial charge on any atom is -0.368 e. The van der Waals surface area contributed by atoms with Crippen LogP contribution in [0.25, 0.3) is 22.3 Å². The van der Waals surface area contributed by atoms with Crippen LogP contribution in [0, 0.1) is 0 Å². The van der Waals surface area contributed by atoms with Crippen molar-refractivity contribution in [3.05, 3.63) is 77.7 Å².